The average molecular weight is 844 g/mol. The summed E-state index contributed by atoms with van der Waals surface area (Å²) < 4.78 is 22.6. The topological polar surface area (TPSA) is 228 Å². The Morgan fingerprint density at radius 3 is 1.63 bits per heavy atom. The second-order valence-electron chi connectivity index (χ2n) is 16.2. The maximum Gasteiger partial charge on any atom is 0.220 e. The first-order valence-electron chi connectivity index (χ1n) is 22.7. The van der Waals surface area contributed by atoms with Gasteiger partial charge < -0.3 is 65.1 Å². The van der Waals surface area contributed by atoms with Gasteiger partial charge in [-0.15, -0.1) is 0 Å². The zero-order valence-corrected chi connectivity index (χ0v) is 36.0. The highest BCUT2D eigenvalue weighted by Gasteiger charge is 2.50. The van der Waals surface area contributed by atoms with Gasteiger partial charge in [-0.05, 0) is 38.5 Å². The minimum Gasteiger partial charge on any atom is -0.394 e. The van der Waals surface area contributed by atoms with Crippen molar-refractivity contribution in [2.24, 2.45) is 0 Å². The van der Waals surface area contributed by atoms with Crippen molar-refractivity contribution in [1.29, 1.82) is 0 Å². The van der Waals surface area contributed by atoms with Crippen LogP contribution in [-0.2, 0) is 23.7 Å². The molecule has 2 saturated heterocycles. The van der Waals surface area contributed by atoms with E-state index in [1.165, 1.54) is 64.2 Å². The molecule has 14 heteroatoms. The molecule has 9 N–H and O–H groups in total. The molecule has 2 heterocycles. The van der Waals surface area contributed by atoms with E-state index in [2.05, 4.69) is 43.5 Å². The third-order valence-corrected chi connectivity index (χ3v) is 11.0. The third kappa shape index (κ3) is 21.2. The lowest BCUT2D eigenvalue weighted by molar-refractivity contribution is -0.359. The van der Waals surface area contributed by atoms with Crippen LogP contribution in [0.3, 0.4) is 0 Å². The van der Waals surface area contributed by atoms with E-state index in [1.54, 1.807) is 6.08 Å². The summed E-state index contributed by atoms with van der Waals surface area (Å²) in [4.78, 5) is 13.1. The van der Waals surface area contributed by atoms with Gasteiger partial charge in [0.25, 0.3) is 0 Å². The van der Waals surface area contributed by atoms with Crippen molar-refractivity contribution in [1.82, 2.24) is 5.32 Å². The number of carbonyl (C=O) groups excluding carboxylic acids is 1. The van der Waals surface area contributed by atoms with Gasteiger partial charge in [-0.2, -0.15) is 0 Å². The minimum absolute atomic E-state index is 0.257. The van der Waals surface area contributed by atoms with Gasteiger partial charge in [-0.25, -0.2) is 0 Å². The van der Waals surface area contributed by atoms with Crippen LogP contribution in [0.15, 0.2) is 36.5 Å². The lowest BCUT2D eigenvalue weighted by Gasteiger charge is -2.46. The Morgan fingerprint density at radius 1 is 0.593 bits per heavy atom. The zero-order chi connectivity index (χ0) is 43.3. The Morgan fingerprint density at radius 2 is 1.08 bits per heavy atom. The number of hydrogen-bond donors (Lipinski definition) is 9. The van der Waals surface area contributed by atoms with Crippen molar-refractivity contribution in [2.45, 2.75) is 222 Å². The highest BCUT2D eigenvalue weighted by atomic mass is 16.7. The lowest BCUT2D eigenvalue weighted by atomic mass is 9.97. The molecule has 1 amide bonds. The van der Waals surface area contributed by atoms with Gasteiger partial charge in [0.2, 0.25) is 5.91 Å². The first-order valence-corrected chi connectivity index (χ1v) is 22.7. The molecule has 0 spiro atoms. The molecule has 14 nitrogen and oxygen atoms in total. The predicted molar refractivity (Wildman–Crippen MR) is 226 cm³/mol. The Kier molecular flexibility index (Phi) is 29.7. The van der Waals surface area contributed by atoms with Gasteiger partial charge in [0.1, 0.15) is 48.8 Å². The fourth-order valence-corrected chi connectivity index (χ4v) is 7.27. The molecular weight excluding hydrogens is 762 g/mol. The first kappa shape index (κ1) is 53.3. The van der Waals surface area contributed by atoms with Crippen LogP contribution in [0.2, 0.25) is 0 Å². The molecule has 59 heavy (non-hydrogen) atoms. The second-order valence-corrected chi connectivity index (χ2v) is 16.2. The predicted octanol–water partition coefficient (Wildman–Crippen LogP) is 4.37. The van der Waals surface area contributed by atoms with Crippen molar-refractivity contribution < 1.29 is 64.6 Å². The second kappa shape index (κ2) is 32.9. The monoisotopic (exact) mass is 844 g/mol. The molecule has 2 rings (SSSR count). The highest BCUT2D eigenvalue weighted by Crippen LogP contribution is 2.30. The molecule has 2 aliphatic rings. The van der Waals surface area contributed by atoms with E-state index in [9.17, 15) is 45.6 Å². The van der Waals surface area contributed by atoms with Gasteiger partial charge >= 0.3 is 0 Å². The Labute approximate surface area is 353 Å². The molecule has 12 atom stereocenters. The number of nitrogens with one attached hydrogen (secondary N) is 1. The molecule has 344 valence electrons. The van der Waals surface area contributed by atoms with Crippen LogP contribution in [0.25, 0.3) is 0 Å². The molecule has 0 radical (unpaired) electrons. The molecule has 0 aromatic heterocycles. The molecular formula is C45H81NO13. The summed E-state index contributed by atoms with van der Waals surface area (Å²) in [6, 6.07) is -0.931. The summed E-state index contributed by atoms with van der Waals surface area (Å²) in [5.41, 5.74) is 0. The van der Waals surface area contributed by atoms with Crippen molar-refractivity contribution >= 4 is 5.91 Å². The van der Waals surface area contributed by atoms with Crippen LogP contribution in [0, 0.1) is 0 Å². The number of amides is 1. The zero-order valence-electron chi connectivity index (χ0n) is 36.0. The van der Waals surface area contributed by atoms with E-state index in [0.717, 1.165) is 51.4 Å². The van der Waals surface area contributed by atoms with E-state index in [0.29, 0.717) is 12.8 Å². The number of unbranched alkanes of at least 4 members (excludes halogenated alkanes) is 16. The quantitative estimate of drug-likeness (QED) is 0.0331. The van der Waals surface area contributed by atoms with E-state index >= 15 is 0 Å². The molecule has 2 aliphatic heterocycles. The number of ether oxygens (including phenoxy) is 4. The molecule has 0 aromatic carbocycles. The average Bonchev–Trinajstić information content (AvgIpc) is 3.23. The number of carbonyl (C=O) groups is 1. The molecule has 0 aliphatic carbocycles. The van der Waals surface area contributed by atoms with E-state index in [4.69, 9.17) is 18.9 Å². The Hall–Kier alpha value is -1.79. The van der Waals surface area contributed by atoms with Crippen molar-refractivity contribution in [3.63, 3.8) is 0 Å². The summed E-state index contributed by atoms with van der Waals surface area (Å²) in [5, 5.41) is 86.3. The van der Waals surface area contributed by atoms with E-state index in [-0.39, 0.29) is 18.9 Å². The summed E-state index contributed by atoms with van der Waals surface area (Å²) in [5.74, 6) is -0.257. The van der Waals surface area contributed by atoms with Crippen molar-refractivity contribution in [2.75, 3.05) is 19.8 Å². The van der Waals surface area contributed by atoms with Gasteiger partial charge in [-0.3, -0.25) is 4.79 Å². The van der Waals surface area contributed by atoms with Gasteiger partial charge in [0.15, 0.2) is 12.6 Å². The highest BCUT2D eigenvalue weighted by molar-refractivity contribution is 5.76. The summed E-state index contributed by atoms with van der Waals surface area (Å²) in [6.45, 7) is 2.65. The largest absolute Gasteiger partial charge is 0.394 e. The van der Waals surface area contributed by atoms with Crippen LogP contribution in [0.1, 0.15) is 149 Å². The number of aliphatic hydroxyl groups excluding tert-OH is 8. The van der Waals surface area contributed by atoms with Crippen molar-refractivity contribution in [3.05, 3.63) is 36.5 Å². The number of rotatable bonds is 33. The fraction of sp³-hybridized carbons (Fsp3) is 0.844. The third-order valence-electron chi connectivity index (χ3n) is 11.0. The van der Waals surface area contributed by atoms with E-state index in [1.807, 2.05) is 6.08 Å². The lowest BCUT2D eigenvalue weighted by Crippen LogP contribution is -2.65. The maximum atomic E-state index is 13.1. The Bertz CT molecular complexity index is 1140. The molecule has 0 saturated carbocycles. The maximum absolute atomic E-state index is 13.1. The van der Waals surface area contributed by atoms with Crippen molar-refractivity contribution in [3.8, 4) is 0 Å². The minimum atomic E-state index is -1.79. The Balaban J connectivity index is 1.91. The molecule has 2 fully saturated rings. The van der Waals surface area contributed by atoms with Crippen LogP contribution >= 0.6 is 0 Å². The normalized spacial score (nSPS) is 28.8. The number of hydrogen-bond acceptors (Lipinski definition) is 13. The van der Waals surface area contributed by atoms with Crippen LogP contribution in [-0.4, -0.2) is 140 Å². The van der Waals surface area contributed by atoms with Crippen LogP contribution in [0.4, 0.5) is 0 Å². The van der Waals surface area contributed by atoms with Gasteiger partial charge in [0, 0.05) is 6.42 Å². The van der Waals surface area contributed by atoms with Crippen LogP contribution < -0.4 is 5.32 Å². The first-order chi connectivity index (χ1) is 28.6. The standard InChI is InChI=1S/C45H81NO13/c1-3-5-7-9-11-13-15-16-17-19-21-23-25-27-29-37(50)46-33(34(49)28-26-24-22-20-18-14-12-10-8-6-4-2)32-56-44-42(55)40(53)43(36(31-48)58-44)59-45-41(54)39(52)38(51)35(30-47)57-45/h8,10,18,20,26,28,33-36,38-45,47-49,51-55H,3-7,9,11-17,19,21-25,27,29-32H2,1-2H3,(H,46,50)/b10-8+,20-18+,28-26+. The summed E-state index contributed by atoms with van der Waals surface area (Å²) in [7, 11) is 0. The van der Waals surface area contributed by atoms with Crippen LogP contribution in [0.5, 0.6) is 0 Å². The smallest absolute Gasteiger partial charge is 0.220 e. The molecule has 12 unspecified atom stereocenters. The molecule has 0 bridgehead atoms. The summed E-state index contributed by atoms with van der Waals surface area (Å²) >= 11 is 0. The molecule has 0 aromatic rings. The fourth-order valence-electron chi connectivity index (χ4n) is 7.27. The van der Waals surface area contributed by atoms with E-state index < -0.39 is 86.8 Å². The number of allylic oxidation sites excluding steroid dienone is 5. The number of aliphatic hydroxyl groups is 8. The van der Waals surface area contributed by atoms with Gasteiger partial charge in [0.05, 0.1) is 32.0 Å². The van der Waals surface area contributed by atoms with Gasteiger partial charge in [-0.1, -0.05) is 140 Å². The SMILES string of the molecule is CCC/C=C/CC/C=C/CC/C=C/C(O)C(COC1OC(CO)C(OC2OC(CO)C(O)C(O)C2O)C(O)C1O)NC(=O)CCCCCCCCCCCCCCCC. The summed E-state index contributed by atoms with van der Waals surface area (Å²) in [6.07, 6.45) is 17.7.